The standard InChI is InChI=1S/C27H29F3N6O4/c1-26(2,39)18-11-22(34-23-16(18)6-5-7-17(23)27(28,29)30)33-21-12-19-20(13-31-21)35(3)25(38)36(19)15-9-8-14(10-15)32-24(37)40-4/h5-7,11-15,39H,8-10H2,1-4H3,(H,32,37)(H,31,33,34)/t14-,15-/m1/s1/i3D3. The number of anilines is 2. The Kier molecular flexibility index (Phi) is 5.82. The van der Waals surface area contributed by atoms with E-state index in [4.69, 9.17) is 4.11 Å². The third-order valence-electron chi connectivity index (χ3n) is 7.10. The molecule has 0 unspecified atom stereocenters. The maximum absolute atomic E-state index is 13.9. The van der Waals surface area contributed by atoms with Gasteiger partial charge in [-0.05, 0) is 50.8 Å². The van der Waals surface area contributed by atoms with E-state index in [1.165, 1.54) is 56.0 Å². The lowest BCUT2D eigenvalue weighted by atomic mass is 9.93. The van der Waals surface area contributed by atoms with E-state index in [0.29, 0.717) is 23.8 Å². The highest BCUT2D eigenvalue weighted by Gasteiger charge is 2.35. The number of aryl methyl sites for hydroxylation is 1. The summed E-state index contributed by atoms with van der Waals surface area (Å²) in [4.78, 5) is 33.6. The molecule has 1 aliphatic carbocycles. The van der Waals surface area contributed by atoms with Crippen molar-refractivity contribution in [3.05, 3.63) is 58.1 Å². The van der Waals surface area contributed by atoms with Crippen LogP contribution in [0.1, 0.15) is 54.4 Å². The van der Waals surface area contributed by atoms with Gasteiger partial charge in [-0.25, -0.2) is 19.6 Å². The van der Waals surface area contributed by atoms with Crippen molar-refractivity contribution in [2.24, 2.45) is 6.98 Å². The van der Waals surface area contributed by atoms with Gasteiger partial charge in [0, 0.05) is 34.6 Å². The van der Waals surface area contributed by atoms with Gasteiger partial charge in [-0.1, -0.05) is 12.1 Å². The van der Waals surface area contributed by atoms with Crippen molar-refractivity contribution in [3.8, 4) is 0 Å². The van der Waals surface area contributed by atoms with Crippen LogP contribution in [0.4, 0.5) is 29.6 Å². The van der Waals surface area contributed by atoms with Gasteiger partial charge in [0.05, 0.1) is 41.0 Å². The number of alkyl halides is 3. The number of pyridine rings is 2. The zero-order chi connectivity index (χ0) is 31.5. The summed E-state index contributed by atoms with van der Waals surface area (Å²) in [5, 5.41) is 16.5. The molecular weight excluding hydrogens is 529 g/mol. The van der Waals surface area contributed by atoms with Crippen molar-refractivity contribution in [2.75, 3.05) is 12.4 Å². The van der Waals surface area contributed by atoms with Gasteiger partial charge in [0.25, 0.3) is 0 Å². The molecule has 4 aromatic rings. The van der Waals surface area contributed by atoms with E-state index < -0.39 is 42.1 Å². The van der Waals surface area contributed by atoms with Crippen LogP contribution in [0.2, 0.25) is 0 Å². The Morgan fingerprint density at radius 2 is 1.95 bits per heavy atom. The average Bonchev–Trinajstić information content (AvgIpc) is 3.46. The average molecular weight is 562 g/mol. The van der Waals surface area contributed by atoms with Gasteiger partial charge < -0.3 is 20.5 Å². The number of carbonyl (C=O) groups excluding carboxylic acids is 1. The summed E-state index contributed by atoms with van der Waals surface area (Å²) in [6.07, 6.45) is -2.83. The van der Waals surface area contributed by atoms with Crippen LogP contribution < -0.4 is 16.3 Å². The second-order valence-corrected chi connectivity index (χ2v) is 10.3. The van der Waals surface area contributed by atoms with E-state index in [0.717, 1.165) is 6.07 Å². The van der Waals surface area contributed by atoms with E-state index in [2.05, 4.69) is 25.3 Å². The van der Waals surface area contributed by atoms with Crippen molar-refractivity contribution >= 4 is 39.7 Å². The molecule has 13 heteroatoms. The fraction of sp³-hybridized carbons (Fsp3) is 0.407. The number of nitrogens with one attached hydrogen (secondary N) is 2. The fourth-order valence-corrected chi connectivity index (χ4v) is 5.27. The van der Waals surface area contributed by atoms with Gasteiger partial charge >= 0.3 is 18.0 Å². The largest absolute Gasteiger partial charge is 0.453 e. The van der Waals surface area contributed by atoms with E-state index in [1.54, 1.807) is 0 Å². The smallest absolute Gasteiger partial charge is 0.418 e. The molecule has 1 aliphatic rings. The number of alkyl carbamates (subject to hydrolysis) is 1. The highest BCUT2D eigenvalue weighted by Crippen LogP contribution is 2.38. The lowest BCUT2D eigenvalue weighted by Gasteiger charge is -2.22. The van der Waals surface area contributed by atoms with Gasteiger partial charge in [-0.3, -0.25) is 9.13 Å². The molecule has 5 rings (SSSR count). The summed E-state index contributed by atoms with van der Waals surface area (Å²) >= 11 is 0. The van der Waals surface area contributed by atoms with E-state index in [-0.39, 0.29) is 45.2 Å². The lowest BCUT2D eigenvalue weighted by molar-refractivity contribution is -0.136. The molecule has 0 saturated heterocycles. The van der Waals surface area contributed by atoms with Gasteiger partial charge in [0.15, 0.2) is 0 Å². The number of para-hydroxylation sites is 1. The molecule has 2 atom stereocenters. The number of hydrogen-bond donors (Lipinski definition) is 3. The predicted octanol–water partition coefficient (Wildman–Crippen LogP) is 4.72. The molecule has 0 spiro atoms. The maximum Gasteiger partial charge on any atom is 0.418 e. The van der Waals surface area contributed by atoms with Crippen molar-refractivity contribution in [1.82, 2.24) is 24.4 Å². The Morgan fingerprint density at radius 1 is 1.18 bits per heavy atom. The van der Waals surface area contributed by atoms with E-state index in [9.17, 15) is 27.9 Å². The molecule has 40 heavy (non-hydrogen) atoms. The first-order chi connectivity index (χ1) is 20.0. The highest BCUT2D eigenvalue weighted by molar-refractivity contribution is 5.88. The van der Waals surface area contributed by atoms with Crippen molar-refractivity contribution in [2.45, 2.75) is 57.0 Å². The number of ether oxygens (including phenoxy) is 1. The summed E-state index contributed by atoms with van der Waals surface area (Å²) < 4.78 is 72.1. The Bertz CT molecular complexity index is 1780. The number of amides is 1. The van der Waals surface area contributed by atoms with Crippen LogP contribution in [-0.2, 0) is 23.5 Å². The minimum absolute atomic E-state index is 0.0305. The molecule has 1 saturated carbocycles. The predicted molar refractivity (Wildman–Crippen MR) is 142 cm³/mol. The third kappa shape index (κ3) is 4.96. The summed E-state index contributed by atoms with van der Waals surface area (Å²) in [6.45, 7) is 0.0571. The van der Waals surface area contributed by atoms with Crippen LogP contribution in [-0.4, -0.2) is 43.5 Å². The minimum atomic E-state index is -4.71. The number of methoxy groups -OCH3 is 1. The molecule has 3 heterocycles. The molecule has 1 fully saturated rings. The number of fused-ring (bicyclic) bond motifs is 2. The Hall–Kier alpha value is -4.13. The first-order valence-corrected chi connectivity index (χ1v) is 12.5. The van der Waals surface area contributed by atoms with Gasteiger partial charge in [0.1, 0.15) is 11.6 Å². The lowest BCUT2D eigenvalue weighted by Crippen LogP contribution is -2.33. The molecular formula is C27H29F3N6O4. The summed E-state index contributed by atoms with van der Waals surface area (Å²) in [7, 11) is 1.23. The number of halogens is 3. The van der Waals surface area contributed by atoms with Crippen molar-refractivity contribution in [1.29, 1.82) is 0 Å². The second kappa shape index (κ2) is 9.81. The van der Waals surface area contributed by atoms with Crippen LogP contribution in [0.5, 0.6) is 0 Å². The number of aliphatic hydroxyl groups is 1. The van der Waals surface area contributed by atoms with Crippen molar-refractivity contribution in [3.63, 3.8) is 0 Å². The molecule has 3 N–H and O–H groups in total. The molecule has 0 aliphatic heterocycles. The number of rotatable bonds is 5. The summed E-state index contributed by atoms with van der Waals surface area (Å²) in [5.41, 5.74) is -3.24. The molecule has 0 radical (unpaired) electrons. The normalized spacial score (nSPS) is 19.3. The Labute approximate surface area is 231 Å². The topological polar surface area (TPSA) is 123 Å². The molecule has 3 aromatic heterocycles. The summed E-state index contributed by atoms with van der Waals surface area (Å²) in [5.74, 6) is 0.0183. The van der Waals surface area contributed by atoms with Crippen molar-refractivity contribution < 1.29 is 31.9 Å². The Balaban J connectivity index is 1.62. The molecule has 10 nitrogen and oxygen atoms in total. The number of carbonyl (C=O) groups is 1. The number of nitrogens with zero attached hydrogens (tertiary/aromatic N) is 4. The fourth-order valence-electron chi connectivity index (χ4n) is 5.27. The number of aromatic nitrogens is 4. The van der Waals surface area contributed by atoms with Gasteiger partial charge in [-0.15, -0.1) is 0 Å². The number of imidazole rings is 1. The van der Waals surface area contributed by atoms with Crippen LogP contribution in [0.25, 0.3) is 21.9 Å². The molecule has 212 valence electrons. The SMILES string of the molecule is [2H]C([2H])([2H])n1c(=O)n([C@@H]2CC[C@@H](NC(=O)OC)C2)c2cc(Nc3cc(C(C)(C)O)c4cccc(C(F)(F)F)c4n3)ncc21. The number of benzene rings is 1. The van der Waals surface area contributed by atoms with Gasteiger partial charge in [0.2, 0.25) is 0 Å². The first kappa shape index (κ1) is 23.7. The van der Waals surface area contributed by atoms with E-state index >= 15 is 0 Å². The first-order valence-electron chi connectivity index (χ1n) is 14.0. The molecule has 1 aromatic carbocycles. The Morgan fingerprint density at radius 3 is 2.62 bits per heavy atom. The maximum atomic E-state index is 13.9. The van der Waals surface area contributed by atoms with Crippen LogP contribution >= 0.6 is 0 Å². The number of hydrogen-bond acceptors (Lipinski definition) is 7. The molecule has 0 bridgehead atoms. The molecule has 1 amide bonds. The van der Waals surface area contributed by atoms with Gasteiger partial charge in [-0.2, -0.15) is 13.2 Å². The van der Waals surface area contributed by atoms with E-state index in [1.807, 2.05) is 0 Å². The monoisotopic (exact) mass is 561 g/mol. The summed E-state index contributed by atoms with van der Waals surface area (Å²) in [6, 6.07) is 5.65. The zero-order valence-corrected chi connectivity index (χ0v) is 21.8. The second-order valence-electron chi connectivity index (χ2n) is 10.3. The van der Waals surface area contributed by atoms with Crippen LogP contribution in [0, 0.1) is 0 Å². The minimum Gasteiger partial charge on any atom is -0.453 e. The van der Waals surface area contributed by atoms with Crippen LogP contribution in [0.3, 0.4) is 0 Å². The highest BCUT2D eigenvalue weighted by atomic mass is 19.4. The zero-order valence-electron chi connectivity index (χ0n) is 24.8. The third-order valence-corrected chi connectivity index (χ3v) is 7.10. The quantitative estimate of drug-likeness (QED) is 0.322. The van der Waals surface area contributed by atoms with Crippen LogP contribution in [0.15, 0.2) is 41.3 Å².